The van der Waals surface area contributed by atoms with Crippen LogP contribution in [0.2, 0.25) is 0 Å². The number of aromatic nitrogens is 1. The summed E-state index contributed by atoms with van der Waals surface area (Å²) in [6, 6.07) is 8.86. The number of nitrogens with two attached hydrogens (primary N) is 1. The highest BCUT2D eigenvalue weighted by atomic mass is 19.4. The van der Waals surface area contributed by atoms with E-state index < -0.39 is 18.5 Å². The number of piperazine rings is 1. The van der Waals surface area contributed by atoms with E-state index in [1.54, 1.807) is 25.3 Å². The zero-order valence-electron chi connectivity index (χ0n) is 25.8. The van der Waals surface area contributed by atoms with Gasteiger partial charge in [0.05, 0.1) is 24.8 Å². The molecule has 3 N–H and O–H groups in total. The lowest BCUT2D eigenvalue weighted by Gasteiger charge is -2.42. The molecule has 0 bridgehead atoms. The van der Waals surface area contributed by atoms with Gasteiger partial charge in [0.2, 0.25) is 6.41 Å². The Balaban J connectivity index is 0.00000248. The number of benzene rings is 2. The molecule has 1 fully saturated rings. The number of alkyl halides is 3. The summed E-state index contributed by atoms with van der Waals surface area (Å²) in [6.07, 6.45) is -0.977. The van der Waals surface area contributed by atoms with Crippen molar-refractivity contribution >= 4 is 28.9 Å². The standard InChI is InChI=1S/C30H38F3N5O3.C2H6/c1-4-5-11-38(19-39)25-16-21(6-7-23(25)29(34)40)26-18-36(12-9-30(31,32)33)13-14-37(26)17-24-22-8-10-35-28(22)20(2)15-27(24)41-3;1-2/h6-8,10,15-16,19,26,35H,4-5,9,11-14,17-18H2,1-3H3,(H2,34,40);1-2H3. The van der Waals surface area contributed by atoms with Gasteiger partial charge in [0.1, 0.15) is 5.75 Å². The Kier molecular flexibility index (Phi) is 12.0. The number of primary amides is 1. The molecule has 236 valence electrons. The van der Waals surface area contributed by atoms with Crippen LogP contribution in [0.25, 0.3) is 10.9 Å². The summed E-state index contributed by atoms with van der Waals surface area (Å²) >= 11 is 0. The fourth-order valence-corrected chi connectivity index (χ4v) is 5.61. The molecule has 43 heavy (non-hydrogen) atoms. The van der Waals surface area contributed by atoms with Gasteiger partial charge in [-0.3, -0.25) is 19.4 Å². The van der Waals surface area contributed by atoms with Gasteiger partial charge in [-0.1, -0.05) is 33.3 Å². The molecule has 2 heterocycles. The Morgan fingerprint density at radius 1 is 1.21 bits per heavy atom. The normalized spacial score (nSPS) is 16.0. The Morgan fingerprint density at radius 2 is 1.95 bits per heavy atom. The van der Waals surface area contributed by atoms with E-state index in [-0.39, 0.29) is 18.2 Å². The quantitative estimate of drug-likeness (QED) is 0.241. The van der Waals surface area contributed by atoms with Crippen molar-refractivity contribution in [2.45, 2.75) is 65.7 Å². The fraction of sp³-hybridized carbons (Fsp3) is 0.500. The number of ether oxygens (including phenoxy) is 1. The zero-order chi connectivity index (χ0) is 31.7. The molecule has 1 saturated heterocycles. The summed E-state index contributed by atoms with van der Waals surface area (Å²) in [6.45, 7) is 10.2. The average Bonchev–Trinajstić information content (AvgIpc) is 3.49. The molecule has 3 aromatic rings. The van der Waals surface area contributed by atoms with E-state index in [4.69, 9.17) is 10.5 Å². The lowest BCUT2D eigenvalue weighted by atomic mass is 9.96. The maximum absolute atomic E-state index is 13.1. The Bertz CT molecular complexity index is 1370. The number of carbonyl (C=O) groups excluding carboxylic acids is 2. The highest BCUT2D eigenvalue weighted by Gasteiger charge is 2.33. The zero-order valence-corrected chi connectivity index (χ0v) is 25.8. The monoisotopic (exact) mass is 603 g/mol. The van der Waals surface area contributed by atoms with E-state index in [0.29, 0.717) is 44.8 Å². The summed E-state index contributed by atoms with van der Waals surface area (Å²) < 4.78 is 45.0. The van der Waals surface area contributed by atoms with E-state index in [1.165, 1.54) is 4.90 Å². The van der Waals surface area contributed by atoms with Gasteiger partial charge < -0.3 is 20.4 Å². The maximum Gasteiger partial charge on any atom is 0.390 e. The number of carbonyl (C=O) groups is 2. The van der Waals surface area contributed by atoms with Gasteiger partial charge in [-0.2, -0.15) is 13.2 Å². The lowest BCUT2D eigenvalue weighted by Crippen LogP contribution is -2.48. The molecule has 0 aliphatic carbocycles. The Labute approximate surface area is 252 Å². The highest BCUT2D eigenvalue weighted by Crippen LogP contribution is 2.36. The molecule has 11 heteroatoms. The van der Waals surface area contributed by atoms with Crippen LogP contribution in [-0.4, -0.2) is 73.1 Å². The van der Waals surface area contributed by atoms with Crippen molar-refractivity contribution in [2.24, 2.45) is 5.73 Å². The van der Waals surface area contributed by atoms with Crippen molar-refractivity contribution < 1.29 is 27.5 Å². The number of nitrogens with zero attached hydrogens (tertiary/aromatic N) is 3. The Morgan fingerprint density at radius 3 is 2.58 bits per heavy atom. The summed E-state index contributed by atoms with van der Waals surface area (Å²) in [5.41, 5.74) is 10.1. The third-order valence-corrected chi connectivity index (χ3v) is 7.84. The van der Waals surface area contributed by atoms with Gasteiger partial charge in [-0.25, -0.2) is 0 Å². The van der Waals surface area contributed by atoms with Gasteiger partial charge in [-0.15, -0.1) is 0 Å². The van der Waals surface area contributed by atoms with Crippen molar-refractivity contribution in [3.8, 4) is 5.75 Å². The number of halogens is 3. The average molecular weight is 604 g/mol. The van der Waals surface area contributed by atoms with Crippen LogP contribution >= 0.6 is 0 Å². The van der Waals surface area contributed by atoms with Gasteiger partial charge in [-0.05, 0) is 48.7 Å². The summed E-state index contributed by atoms with van der Waals surface area (Å²) in [5.74, 6) is 0.0887. The van der Waals surface area contributed by atoms with Gasteiger partial charge in [0.25, 0.3) is 5.91 Å². The second kappa shape index (κ2) is 15.2. The number of rotatable bonds is 12. The number of hydrogen-bond acceptors (Lipinski definition) is 5. The number of fused-ring (bicyclic) bond motifs is 1. The second-order valence-electron chi connectivity index (χ2n) is 10.6. The van der Waals surface area contributed by atoms with Crippen molar-refractivity contribution in [3.05, 3.63) is 58.8 Å². The first-order valence-electron chi connectivity index (χ1n) is 14.9. The molecule has 0 saturated carbocycles. The van der Waals surface area contributed by atoms with E-state index in [9.17, 15) is 22.8 Å². The lowest BCUT2D eigenvalue weighted by molar-refractivity contribution is -0.139. The molecule has 2 aromatic carbocycles. The number of anilines is 1. The van der Waals surface area contributed by atoms with E-state index in [1.807, 2.05) is 50.9 Å². The van der Waals surface area contributed by atoms with Crippen molar-refractivity contribution in [1.29, 1.82) is 0 Å². The molecule has 1 aliphatic rings. The first kappa shape index (κ1) is 33.9. The second-order valence-corrected chi connectivity index (χ2v) is 10.6. The van der Waals surface area contributed by atoms with Crippen molar-refractivity contribution in [1.82, 2.24) is 14.8 Å². The van der Waals surface area contributed by atoms with Crippen LogP contribution in [0.4, 0.5) is 18.9 Å². The first-order valence-corrected chi connectivity index (χ1v) is 14.9. The summed E-state index contributed by atoms with van der Waals surface area (Å²) in [4.78, 5) is 33.1. The van der Waals surface area contributed by atoms with Crippen LogP contribution in [0, 0.1) is 6.92 Å². The van der Waals surface area contributed by atoms with Crippen molar-refractivity contribution in [3.63, 3.8) is 0 Å². The smallest absolute Gasteiger partial charge is 0.390 e. The topological polar surface area (TPSA) is 94.9 Å². The number of aromatic amines is 1. The van der Waals surface area contributed by atoms with E-state index in [2.05, 4.69) is 9.88 Å². The van der Waals surface area contributed by atoms with Crippen LogP contribution in [0.3, 0.4) is 0 Å². The molecule has 1 aliphatic heterocycles. The predicted octanol–water partition coefficient (Wildman–Crippen LogP) is 6.18. The number of amides is 2. The number of methoxy groups -OCH3 is 1. The SMILES string of the molecule is CC.CCCCN(C=O)c1cc(C2CN(CCC(F)(F)F)CCN2Cc2c(OC)cc(C)c3[nH]ccc23)ccc1C(N)=O. The minimum Gasteiger partial charge on any atom is -0.496 e. The first-order chi connectivity index (χ1) is 20.6. The third kappa shape index (κ3) is 8.29. The third-order valence-electron chi connectivity index (χ3n) is 7.84. The van der Waals surface area contributed by atoms with Crippen LogP contribution in [0.5, 0.6) is 5.75 Å². The van der Waals surface area contributed by atoms with Gasteiger partial charge in [0.15, 0.2) is 0 Å². The molecule has 0 spiro atoms. The largest absolute Gasteiger partial charge is 0.496 e. The Hall–Kier alpha value is -3.57. The molecular weight excluding hydrogens is 559 g/mol. The summed E-state index contributed by atoms with van der Waals surface area (Å²) in [7, 11) is 1.63. The van der Waals surface area contributed by atoms with Crippen LogP contribution in [-0.2, 0) is 11.3 Å². The molecule has 2 amide bonds. The number of hydrogen-bond donors (Lipinski definition) is 2. The molecule has 1 aromatic heterocycles. The predicted molar refractivity (Wildman–Crippen MR) is 164 cm³/mol. The number of aryl methyl sites for hydroxylation is 1. The molecule has 0 radical (unpaired) electrons. The maximum atomic E-state index is 13.1. The molecule has 1 atom stereocenters. The molecular formula is C32H44F3N5O3. The van der Waals surface area contributed by atoms with Gasteiger partial charge in [0, 0.05) is 68.0 Å². The van der Waals surface area contributed by atoms with Crippen LogP contribution < -0.4 is 15.4 Å². The fourth-order valence-electron chi connectivity index (χ4n) is 5.61. The number of nitrogens with one attached hydrogen (secondary N) is 1. The number of H-pyrrole nitrogens is 1. The van der Waals surface area contributed by atoms with E-state index in [0.717, 1.165) is 46.2 Å². The minimum atomic E-state index is -4.25. The van der Waals surface area contributed by atoms with E-state index >= 15 is 0 Å². The van der Waals surface area contributed by atoms with Crippen LogP contribution in [0.15, 0.2) is 36.5 Å². The molecule has 1 unspecified atom stereocenters. The summed E-state index contributed by atoms with van der Waals surface area (Å²) in [5, 5.41) is 1.02. The number of unbranched alkanes of at least 4 members (excludes halogenated alkanes) is 1. The van der Waals surface area contributed by atoms with Crippen LogP contribution in [0.1, 0.15) is 73.1 Å². The minimum absolute atomic E-state index is 0.104. The molecule has 4 rings (SSSR count). The molecule has 8 nitrogen and oxygen atoms in total. The van der Waals surface area contributed by atoms with Gasteiger partial charge >= 0.3 is 6.18 Å². The highest BCUT2D eigenvalue weighted by molar-refractivity contribution is 6.01. The van der Waals surface area contributed by atoms with Crippen molar-refractivity contribution in [2.75, 3.05) is 44.7 Å².